The number of Topliss-reactive ketones (excluding diaryl/α,β-unsaturated/α-hetero) is 1. The highest BCUT2D eigenvalue weighted by Gasteiger charge is 2.34. The largest absolute Gasteiger partial charge is 0.466 e. The van der Waals surface area contributed by atoms with Crippen LogP contribution in [0.2, 0.25) is 0 Å². The molecule has 7 heteroatoms. The maximum atomic E-state index is 12.5. The van der Waals surface area contributed by atoms with Crippen molar-refractivity contribution in [1.29, 1.82) is 0 Å². The second-order valence-electron chi connectivity index (χ2n) is 5.48. The van der Waals surface area contributed by atoms with Gasteiger partial charge in [-0.05, 0) is 17.8 Å². The Bertz CT molecular complexity index is 711. The number of ether oxygens (including phenoxy) is 1. The van der Waals surface area contributed by atoms with E-state index >= 15 is 0 Å². The summed E-state index contributed by atoms with van der Waals surface area (Å²) in [5.41, 5.74) is 1.49. The van der Waals surface area contributed by atoms with Crippen molar-refractivity contribution in [3.63, 3.8) is 0 Å². The summed E-state index contributed by atoms with van der Waals surface area (Å²) in [5.74, 6) is -1.03. The molecule has 0 spiro atoms. The van der Waals surface area contributed by atoms with E-state index in [4.69, 9.17) is 12.2 Å². The predicted molar refractivity (Wildman–Crippen MR) is 95.1 cm³/mol. The number of benzene rings is 1. The normalized spacial score (nSPS) is 15.7. The van der Waals surface area contributed by atoms with Gasteiger partial charge in [0.2, 0.25) is 5.78 Å². The van der Waals surface area contributed by atoms with E-state index in [1.54, 1.807) is 0 Å². The zero-order chi connectivity index (χ0) is 17.7. The number of ketones is 1. The van der Waals surface area contributed by atoms with E-state index in [0.717, 1.165) is 11.6 Å². The van der Waals surface area contributed by atoms with Gasteiger partial charge in [0.05, 0.1) is 13.2 Å². The molecule has 0 amide bonds. The fourth-order valence-corrected chi connectivity index (χ4v) is 2.32. The number of hydrazone groups is 1. The van der Waals surface area contributed by atoms with Crippen LogP contribution in [-0.4, -0.2) is 34.7 Å². The van der Waals surface area contributed by atoms with Crippen LogP contribution in [0.25, 0.3) is 0 Å². The van der Waals surface area contributed by atoms with E-state index < -0.39 is 5.97 Å². The molecule has 0 atom stereocenters. The summed E-state index contributed by atoms with van der Waals surface area (Å²) in [6, 6.07) is 9.70. The van der Waals surface area contributed by atoms with Gasteiger partial charge in [-0.2, -0.15) is 5.10 Å². The highest BCUT2D eigenvalue weighted by molar-refractivity contribution is 7.80. The van der Waals surface area contributed by atoms with Crippen LogP contribution in [0.1, 0.15) is 19.4 Å². The first-order valence-electron chi connectivity index (χ1n) is 7.48. The number of carbonyl (C=O) groups is 2. The number of methoxy groups -OCH3 is 1. The van der Waals surface area contributed by atoms with Crippen LogP contribution in [0.5, 0.6) is 0 Å². The lowest BCUT2D eigenvalue weighted by atomic mass is 10.0. The molecule has 2 rings (SSSR count). The van der Waals surface area contributed by atoms with Gasteiger partial charge in [-0.1, -0.05) is 44.2 Å². The third-order valence-corrected chi connectivity index (χ3v) is 3.70. The van der Waals surface area contributed by atoms with Gasteiger partial charge in [0, 0.05) is 12.5 Å². The van der Waals surface area contributed by atoms with Crippen LogP contribution >= 0.6 is 12.2 Å². The van der Waals surface area contributed by atoms with Crippen LogP contribution in [0.3, 0.4) is 0 Å². The van der Waals surface area contributed by atoms with Gasteiger partial charge >= 0.3 is 5.97 Å². The van der Waals surface area contributed by atoms with Crippen LogP contribution in [0.4, 0.5) is 0 Å². The van der Waals surface area contributed by atoms with E-state index in [1.165, 1.54) is 12.1 Å². The summed E-state index contributed by atoms with van der Waals surface area (Å²) in [4.78, 5) is 24.0. The van der Waals surface area contributed by atoms with Crippen molar-refractivity contribution in [3.8, 4) is 0 Å². The molecule has 126 valence electrons. The molecule has 0 bridgehead atoms. The number of nitrogens with zero attached hydrogens (tertiary/aromatic N) is 2. The zero-order valence-electron chi connectivity index (χ0n) is 13.8. The van der Waals surface area contributed by atoms with Crippen molar-refractivity contribution < 1.29 is 14.3 Å². The highest BCUT2D eigenvalue weighted by Crippen LogP contribution is 2.20. The van der Waals surface area contributed by atoms with Crippen LogP contribution in [0.15, 0.2) is 47.2 Å². The van der Waals surface area contributed by atoms with Gasteiger partial charge in [0.25, 0.3) is 0 Å². The van der Waals surface area contributed by atoms with Crippen molar-refractivity contribution in [2.45, 2.75) is 20.4 Å². The predicted octanol–water partition coefficient (Wildman–Crippen LogP) is 2.01. The number of hydrogen-bond donors (Lipinski definition) is 1. The summed E-state index contributed by atoms with van der Waals surface area (Å²) in [7, 11) is 1.25. The summed E-state index contributed by atoms with van der Waals surface area (Å²) in [5, 5.41) is 8.85. The van der Waals surface area contributed by atoms with Crippen LogP contribution in [-0.2, 0) is 20.9 Å². The molecular formula is C17H19N3O3S. The van der Waals surface area contributed by atoms with Crippen molar-refractivity contribution in [3.05, 3.63) is 47.7 Å². The third kappa shape index (κ3) is 4.05. The second-order valence-corrected chi connectivity index (χ2v) is 5.86. The molecule has 0 saturated heterocycles. The second kappa shape index (κ2) is 7.83. The standard InChI is InChI=1S/C17H19N3O3S/c1-11(2)15-16(22)13(9-14(21)23-3)20(19-15)17(24)18-10-12-7-5-4-6-8-12/h4-9,11H,10H2,1-3H3,(H,18,24)/b13-9+. The van der Waals surface area contributed by atoms with Crippen LogP contribution < -0.4 is 5.32 Å². The lowest BCUT2D eigenvalue weighted by Crippen LogP contribution is -2.35. The van der Waals surface area contributed by atoms with E-state index in [1.807, 2.05) is 44.2 Å². The Kier molecular flexibility index (Phi) is 5.81. The molecule has 0 aromatic heterocycles. The fraction of sp³-hybridized carbons (Fsp3) is 0.294. The fourth-order valence-electron chi connectivity index (χ4n) is 2.11. The number of nitrogens with one attached hydrogen (secondary N) is 1. The molecule has 0 unspecified atom stereocenters. The molecule has 0 fully saturated rings. The number of esters is 1. The van der Waals surface area contributed by atoms with Gasteiger partial charge in [-0.15, -0.1) is 0 Å². The van der Waals surface area contributed by atoms with Crippen molar-refractivity contribution in [1.82, 2.24) is 10.3 Å². The first-order chi connectivity index (χ1) is 11.4. The Hall–Kier alpha value is -2.54. The number of hydrogen-bond acceptors (Lipinski definition) is 5. The molecule has 1 heterocycles. The average Bonchev–Trinajstić information content (AvgIpc) is 2.90. The van der Waals surface area contributed by atoms with E-state index in [2.05, 4.69) is 15.2 Å². The summed E-state index contributed by atoms with van der Waals surface area (Å²) >= 11 is 5.33. The molecule has 6 nitrogen and oxygen atoms in total. The minimum Gasteiger partial charge on any atom is -0.466 e. The summed E-state index contributed by atoms with van der Waals surface area (Å²) in [6.07, 6.45) is 1.11. The lowest BCUT2D eigenvalue weighted by Gasteiger charge is -2.17. The quantitative estimate of drug-likeness (QED) is 0.511. The van der Waals surface area contributed by atoms with Crippen molar-refractivity contribution in [2.75, 3.05) is 7.11 Å². The molecule has 0 aliphatic carbocycles. The van der Waals surface area contributed by atoms with Gasteiger partial charge in [0.15, 0.2) is 5.11 Å². The highest BCUT2D eigenvalue weighted by atomic mass is 32.1. The van der Waals surface area contributed by atoms with Gasteiger partial charge in [-0.3, -0.25) is 4.79 Å². The molecule has 1 aromatic rings. The molecule has 1 aromatic carbocycles. The molecule has 0 saturated carbocycles. The smallest absolute Gasteiger partial charge is 0.332 e. The third-order valence-electron chi connectivity index (χ3n) is 3.38. The monoisotopic (exact) mass is 345 g/mol. The van der Waals surface area contributed by atoms with E-state index in [9.17, 15) is 9.59 Å². The minimum absolute atomic E-state index is 0.0829. The first-order valence-corrected chi connectivity index (χ1v) is 7.89. The number of thiocarbonyl (C=S) groups is 1. The maximum absolute atomic E-state index is 12.5. The maximum Gasteiger partial charge on any atom is 0.332 e. The Morgan fingerprint density at radius 1 is 1.38 bits per heavy atom. The van der Waals surface area contributed by atoms with E-state index in [0.29, 0.717) is 12.3 Å². The lowest BCUT2D eigenvalue weighted by molar-refractivity contribution is -0.135. The minimum atomic E-state index is -0.630. The molecule has 1 N–H and O–H groups in total. The van der Waals surface area contributed by atoms with Gasteiger partial charge < -0.3 is 10.1 Å². The van der Waals surface area contributed by atoms with E-state index in [-0.39, 0.29) is 22.5 Å². The molecule has 1 aliphatic rings. The van der Waals surface area contributed by atoms with Crippen molar-refractivity contribution in [2.24, 2.45) is 11.0 Å². The summed E-state index contributed by atoms with van der Waals surface area (Å²) < 4.78 is 4.60. The SMILES string of the molecule is COC(=O)/C=C1\C(=O)C(C(C)C)=NN1C(=S)NCc1ccccc1. The van der Waals surface area contributed by atoms with Crippen molar-refractivity contribution >= 4 is 34.8 Å². The Morgan fingerprint density at radius 2 is 2.04 bits per heavy atom. The van der Waals surface area contributed by atoms with Gasteiger partial charge in [0.1, 0.15) is 11.4 Å². The molecule has 0 radical (unpaired) electrons. The molecule has 24 heavy (non-hydrogen) atoms. The Morgan fingerprint density at radius 3 is 2.62 bits per heavy atom. The topological polar surface area (TPSA) is 71.0 Å². The van der Waals surface area contributed by atoms with Gasteiger partial charge in [-0.25, -0.2) is 9.80 Å². The summed E-state index contributed by atoms with van der Waals surface area (Å²) in [6.45, 7) is 4.20. The zero-order valence-corrected chi connectivity index (χ0v) is 14.6. The number of allylic oxidation sites excluding steroid dienone is 1. The molecular weight excluding hydrogens is 326 g/mol. The Labute approximate surface area is 146 Å². The molecule has 1 aliphatic heterocycles. The number of rotatable bonds is 4. The average molecular weight is 345 g/mol. The number of carbonyl (C=O) groups excluding carboxylic acids is 2. The first kappa shape index (κ1) is 17.8. The van der Waals surface area contributed by atoms with Crippen LogP contribution in [0, 0.1) is 5.92 Å². The Balaban J connectivity index is 2.20.